The van der Waals surface area contributed by atoms with Crippen molar-refractivity contribution < 1.29 is 14.3 Å². The van der Waals surface area contributed by atoms with Crippen LogP contribution < -0.4 is 4.74 Å². The highest BCUT2D eigenvalue weighted by Gasteiger charge is 2.11. The minimum atomic E-state index is -0.387. The van der Waals surface area contributed by atoms with Gasteiger partial charge in [-0.05, 0) is 13.0 Å². The monoisotopic (exact) mass is 181 g/mol. The number of nitrogens with zero attached hydrogens (tertiary/aromatic N) is 1. The number of rotatable bonds is 3. The van der Waals surface area contributed by atoms with E-state index in [9.17, 15) is 4.79 Å². The minimum Gasteiger partial charge on any atom is -0.494 e. The largest absolute Gasteiger partial charge is 0.494 e. The molecule has 4 heteroatoms. The highest BCUT2D eigenvalue weighted by atomic mass is 16.5. The van der Waals surface area contributed by atoms with E-state index in [0.29, 0.717) is 17.9 Å². The number of aromatic nitrogens is 1. The van der Waals surface area contributed by atoms with Crippen molar-refractivity contribution in [3.05, 3.63) is 24.0 Å². The molecule has 0 fully saturated rings. The third kappa shape index (κ3) is 2.18. The molecule has 13 heavy (non-hydrogen) atoms. The van der Waals surface area contributed by atoms with Crippen LogP contribution in [0.4, 0.5) is 0 Å². The van der Waals surface area contributed by atoms with Crippen LogP contribution in [0.25, 0.3) is 0 Å². The van der Waals surface area contributed by atoms with Gasteiger partial charge in [-0.2, -0.15) is 0 Å². The summed E-state index contributed by atoms with van der Waals surface area (Å²) < 4.78 is 9.77. The molecule has 0 unspecified atom stereocenters. The fraction of sp³-hybridized carbons (Fsp3) is 0.333. The van der Waals surface area contributed by atoms with E-state index in [1.165, 1.54) is 19.5 Å². The second-order valence-electron chi connectivity index (χ2n) is 2.30. The molecule has 0 radical (unpaired) electrons. The minimum absolute atomic E-state index is 0.351. The predicted molar refractivity (Wildman–Crippen MR) is 46.7 cm³/mol. The van der Waals surface area contributed by atoms with Crippen molar-refractivity contribution >= 4 is 5.97 Å². The lowest BCUT2D eigenvalue weighted by Crippen LogP contribution is -2.06. The standard InChI is InChI=1S/C9H11NO3/c1-3-13-9(11)7-4-5-10-6-8(7)12-2/h4-6H,3H2,1-2H3. The molecule has 0 aliphatic carbocycles. The molecule has 0 atom stereocenters. The van der Waals surface area contributed by atoms with Crippen molar-refractivity contribution in [2.75, 3.05) is 13.7 Å². The second kappa shape index (κ2) is 4.45. The van der Waals surface area contributed by atoms with Gasteiger partial charge >= 0.3 is 5.97 Å². The molecule has 1 heterocycles. The van der Waals surface area contributed by atoms with E-state index in [4.69, 9.17) is 9.47 Å². The Labute approximate surface area is 76.5 Å². The maximum absolute atomic E-state index is 11.3. The molecule has 0 N–H and O–H groups in total. The van der Waals surface area contributed by atoms with Crippen molar-refractivity contribution in [3.63, 3.8) is 0 Å². The number of pyridine rings is 1. The van der Waals surface area contributed by atoms with Crippen LogP contribution in [0.2, 0.25) is 0 Å². The molecule has 1 aromatic rings. The highest BCUT2D eigenvalue weighted by molar-refractivity contribution is 5.92. The molecule has 0 spiro atoms. The van der Waals surface area contributed by atoms with Crippen molar-refractivity contribution in [1.82, 2.24) is 4.98 Å². The van der Waals surface area contributed by atoms with Crippen LogP contribution in [-0.4, -0.2) is 24.7 Å². The smallest absolute Gasteiger partial charge is 0.342 e. The van der Waals surface area contributed by atoms with Crippen LogP contribution in [0.1, 0.15) is 17.3 Å². The zero-order chi connectivity index (χ0) is 9.68. The average molecular weight is 181 g/mol. The lowest BCUT2D eigenvalue weighted by molar-refractivity contribution is 0.0522. The maximum Gasteiger partial charge on any atom is 0.342 e. The molecule has 1 aromatic heterocycles. The summed E-state index contributed by atoms with van der Waals surface area (Å²) in [4.78, 5) is 15.1. The van der Waals surface area contributed by atoms with E-state index in [-0.39, 0.29) is 5.97 Å². The van der Waals surface area contributed by atoms with Gasteiger partial charge in [-0.3, -0.25) is 4.98 Å². The summed E-state index contributed by atoms with van der Waals surface area (Å²) in [5.74, 6) is 0.0442. The molecule has 0 saturated carbocycles. The van der Waals surface area contributed by atoms with Crippen LogP contribution in [0, 0.1) is 0 Å². The van der Waals surface area contributed by atoms with Gasteiger partial charge in [0, 0.05) is 6.20 Å². The number of hydrogen-bond donors (Lipinski definition) is 0. The Kier molecular flexibility index (Phi) is 3.25. The number of methoxy groups -OCH3 is 1. The van der Waals surface area contributed by atoms with Gasteiger partial charge in [0.2, 0.25) is 0 Å². The molecule has 0 aliphatic rings. The lowest BCUT2D eigenvalue weighted by Gasteiger charge is -2.05. The number of ether oxygens (including phenoxy) is 2. The van der Waals surface area contributed by atoms with Crippen molar-refractivity contribution in [2.24, 2.45) is 0 Å². The summed E-state index contributed by atoms with van der Waals surface area (Å²) in [6, 6.07) is 1.57. The van der Waals surface area contributed by atoms with Gasteiger partial charge in [-0.1, -0.05) is 0 Å². The van der Waals surface area contributed by atoms with E-state index in [2.05, 4.69) is 4.98 Å². The maximum atomic E-state index is 11.3. The third-order valence-corrected chi connectivity index (χ3v) is 1.50. The van der Waals surface area contributed by atoms with Gasteiger partial charge < -0.3 is 9.47 Å². The van der Waals surface area contributed by atoms with E-state index >= 15 is 0 Å². The first-order chi connectivity index (χ1) is 6.29. The van der Waals surface area contributed by atoms with Gasteiger partial charge in [0.25, 0.3) is 0 Å². The summed E-state index contributed by atoms with van der Waals surface area (Å²) in [7, 11) is 1.49. The van der Waals surface area contributed by atoms with Crippen LogP contribution >= 0.6 is 0 Å². The Hall–Kier alpha value is -1.58. The second-order valence-corrected chi connectivity index (χ2v) is 2.30. The summed E-state index contributed by atoms with van der Waals surface area (Å²) in [5.41, 5.74) is 0.402. The molecular weight excluding hydrogens is 170 g/mol. The van der Waals surface area contributed by atoms with Crippen LogP contribution in [0.15, 0.2) is 18.5 Å². The summed E-state index contributed by atoms with van der Waals surface area (Å²) in [6.07, 6.45) is 3.00. The van der Waals surface area contributed by atoms with Gasteiger partial charge in [-0.15, -0.1) is 0 Å². The zero-order valence-electron chi connectivity index (χ0n) is 7.61. The highest BCUT2D eigenvalue weighted by Crippen LogP contribution is 2.16. The Morgan fingerprint density at radius 3 is 3.00 bits per heavy atom. The SMILES string of the molecule is CCOC(=O)c1ccncc1OC. The first kappa shape index (κ1) is 9.51. The topological polar surface area (TPSA) is 48.4 Å². The van der Waals surface area contributed by atoms with Crippen LogP contribution in [-0.2, 0) is 4.74 Å². The quantitative estimate of drug-likeness (QED) is 0.659. The lowest BCUT2D eigenvalue weighted by atomic mass is 10.2. The third-order valence-electron chi connectivity index (χ3n) is 1.50. The molecule has 0 aliphatic heterocycles. The summed E-state index contributed by atoms with van der Waals surface area (Å²) >= 11 is 0. The molecule has 70 valence electrons. The summed E-state index contributed by atoms with van der Waals surface area (Å²) in [5, 5.41) is 0. The molecule has 1 rings (SSSR count). The number of carbonyl (C=O) groups excluding carboxylic acids is 1. The molecule has 0 saturated heterocycles. The van der Waals surface area contributed by atoms with Gasteiger partial charge in [0.1, 0.15) is 5.56 Å². The first-order valence-electron chi connectivity index (χ1n) is 3.94. The number of carbonyl (C=O) groups is 1. The van der Waals surface area contributed by atoms with Crippen molar-refractivity contribution in [2.45, 2.75) is 6.92 Å². The number of esters is 1. The van der Waals surface area contributed by atoms with Gasteiger partial charge in [0.15, 0.2) is 5.75 Å². The molecular formula is C9H11NO3. The predicted octanol–water partition coefficient (Wildman–Crippen LogP) is 1.27. The van der Waals surface area contributed by atoms with E-state index in [1.807, 2.05) is 0 Å². The zero-order valence-corrected chi connectivity index (χ0v) is 7.61. The van der Waals surface area contributed by atoms with Gasteiger partial charge in [-0.25, -0.2) is 4.79 Å². The Morgan fingerprint density at radius 1 is 1.62 bits per heavy atom. The summed E-state index contributed by atoms with van der Waals surface area (Å²) in [6.45, 7) is 2.11. The van der Waals surface area contributed by atoms with Crippen molar-refractivity contribution in [1.29, 1.82) is 0 Å². The molecule has 0 bridgehead atoms. The Bertz CT molecular complexity index is 299. The van der Waals surface area contributed by atoms with E-state index < -0.39 is 0 Å². The fourth-order valence-corrected chi connectivity index (χ4v) is 0.920. The van der Waals surface area contributed by atoms with Crippen LogP contribution in [0.5, 0.6) is 5.75 Å². The van der Waals surface area contributed by atoms with Gasteiger partial charge in [0.05, 0.1) is 19.9 Å². The Balaban J connectivity index is 2.92. The van der Waals surface area contributed by atoms with E-state index in [0.717, 1.165) is 0 Å². The molecule has 4 nitrogen and oxygen atoms in total. The number of hydrogen-bond acceptors (Lipinski definition) is 4. The van der Waals surface area contributed by atoms with Crippen LogP contribution in [0.3, 0.4) is 0 Å². The van der Waals surface area contributed by atoms with Crippen molar-refractivity contribution in [3.8, 4) is 5.75 Å². The fourth-order valence-electron chi connectivity index (χ4n) is 0.920. The normalized spacial score (nSPS) is 9.38. The average Bonchev–Trinajstić information content (AvgIpc) is 2.18. The first-order valence-corrected chi connectivity index (χ1v) is 3.94. The van der Waals surface area contributed by atoms with E-state index in [1.54, 1.807) is 13.0 Å². The molecule has 0 aromatic carbocycles. The molecule has 0 amide bonds. The Morgan fingerprint density at radius 2 is 2.38 bits per heavy atom.